The standard InChI is InChI=1S/C8H9NO4/c1-4-5(2)8(13)9(7(4)12)3-6(10)11/h3H2,1-2H3,(H,10,11). The number of carbonyl (C=O) groups is 3. The molecule has 1 N–H and O–H groups in total. The van der Waals surface area contributed by atoms with E-state index in [-0.39, 0.29) is 0 Å². The van der Waals surface area contributed by atoms with Crippen LogP contribution in [0.3, 0.4) is 0 Å². The molecule has 0 bridgehead atoms. The maximum atomic E-state index is 11.2. The quantitative estimate of drug-likeness (QED) is 0.600. The highest BCUT2D eigenvalue weighted by molar-refractivity contribution is 6.19. The minimum atomic E-state index is -1.19. The van der Waals surface area contributed by atoms with Crippen LogP contribution in [0.5, 0.6) is 0 Å². The Kier molecular flexibility index (Phi) is 2.18. The summed E-state index contributed by atoms with van der Waals surface area (Å²) in [5.41, 5.74) is 0.650. The van der Waals surface area contributed by atoms with E-state index in [0.29, 0.717) is 11.1 Å². The summed E-state index contributed by atoms with van der Waals surface area (Å²) in [6.07, 6.45) is 0. The molecule has 0 aromatic heterocycles. The Morgan fingerprint density at radius 3 is 1.92 bits per heavy atom. The van der Waals surface area contributed by atoms with Crippen molar-refractivity contribution in [2.45, 2.75) is 13.8 Å². The molecule has 1 aliphatic heterocycles. The molecule has 0 aliphatic carbocycles. The predicted molar refractivity (Wildman–Crippen MR) is 42.7 cm³/mol. The van der Waals surface area contributed by atoms with E-state index < -0.39 is 24.3 Å². The van der Waals surface area contributed by atoms with Gasteiger partial charge in [-0.15, -0.1) is 0 Å². The van der Waals surface area contributed by atoms with Crippen LogP contribution in [0.1, 0.15) is 13.8 Å². The van der Waals surface area contributed by atoms with Gasteiger partial charge in [-0.1, -0.05) is 0 Å². The van der Waals surface area contributed by atoms with Crippen molar-refractivity contribution in [3.05, 3.63) is 11.1 Å². The van der Waals surface area contributed by atoms with Crippen LogP contribution in [0.15, 0.2) is 11.1 Å². The summed E-state index contributed by atoms with van der Waals surface area (Å²) in [4.78, 5) is 33.5. The summed E-state index contributed by atoms with van der Waals surface area (Å²) in [5, 5.41) is 8.42. The smallest absolute Gasteiger partial charge is 0.323 e. The maximum Gasteiger partial charge on any atom is 0.323 e. The van der Waals surface area contributed by atoms with Crippen molar-refractivity contribution in [2.75, 3.05) is 6.54 Å². The highest BCUT2D eigenvalue weighted by Crippen LogP contribution is 2.18. The minimum Gasteiger partial charge on any atom is -0.480 e. The third-order valence-electron chi connectivity index (χ3n) is 1.99. The van der Waals surface area contributed by atoms with Gasteiger partial charge in [0, 0.05) is 11.1 Å². The molecule has 0 saturated carbocycles. The summed E-state index contributed by atoms with van der Waals surface area (Å²) in [7, 11) is 0. The van der Waals surface area contributed by atoms with Gasteiger partial charge in [-0.05, 0) is 13.8 Å². The van der Waals surface area contributed by atoms with Gasteiger partial charge in [0.1, 0.15) is 6.54 Å². The highest BCUT2D eigenvalue weighted by atomic mass is 16.4. The van der Waals surface area contributed by atoms with E-state index in [2.05, 4.69) is 0 Å². The number of amides is 2. The second kappa shape index (κ2) is 3.01. The lowest BCUT2D eigenvalue weighted by atomic mass is 10.2. The van der Waals surface area contributed by atoms with E-state index in [9.17, 15) is 14.4 Å². The molecule has 1 aliphatic rings. The monoisotopic (exact) mass is 183 g/mol. The van der Waals surface area contributed by atoms with Gasteiger partial charge in [0.05, 0.1) is 0 Å². The molecule has 5 heteroatoms. The number of hydrogen-bond acceptors (Lipinski definition) is 3. The summed E-state index contributed by atoms with van der Waals surface area (Å²) in [5.74, 6) is -2.21. The topological polar surface area (TPSA) is 74.7 Å². The third-order valence-corrected chi connectivity index (χ3v) is 1.99. The largest absolute Gasteiger partial charge is 0.480 e. The van der Waals surface area contributed by atoms with Crippen LogP contribution in [0.25, 0.3) is 0 Å². The zero-order valence-electron chi connectivity index (χ0n) is 7.33. The highest BCUT2D eigenvalue weighted by Gasteiger charge is 2.34. The average molecular weight is 183 g/mol. The zero-order valence-corrected chi connectivity index (χ0v) is 7.33. The summed E-state index contributed by atoms with van der Waals surface area (Å²) >= 11 is 0. The predicted octanol–water partition coefficient (Wildman–Crippen LogP) is -0.224. The lowest BCUT2D eigenvalue weighted by Gasteiger charge is -2.10. The second-order valence-corrected chi connectivity index (χ2v) is 2.84. The van der Waals surface area contributed by atoms with E-state index in [4.69, 9.17) is 5.11 Å². The van der Waals surface area contributed by atoms with Crippen LogP contribution in [-0.2, 0) is 14.4 Å². The van der Waals surface area contributed by atoms with Gasteiger partial charge in [0.15, 0.2) is 0 Å². The summed E-state index contributed by atoms with van der Waals surface area (Å²) < 4.78 is 0. The molecule has 1 heterocycles. The fourth-order valence-electron chi connectivity index (χ4n) is 1.10. The first-order valence-electron chi connectivity index (χ1n) is 3.70. The van der Waals surface area contributed by atoms with Crippen LogP contribution in [0, 0.1) is 0 Å². The lowest BCUT2D eigenvalue weighted by molar-refractivity contribution is -0.148. The van der Waals surface area contributed by atoms with Crippen molar-refractivity contribution < 1.29 is 19.5 Å². The second-order valence-electron chi connectivity index (χ2n) is 2.84. The van der Waals surface area contributed by atoms with Crippen LogP contribution < -0.4 is 0 Å². The molecule has 13 heavy (non-hydrogen) atoms. The van der Waals surface area contributed by atoms with Gasteiger partial charge < -0.3 is 5.11 Å². The number of hydrogen-bond donors (Lipinski definition) is 1. The molecule has 2 amide bonds. The molecule has 70 valence electrons. The Hall–Kier alpha value is -1.65. The number of nitrogens with zero attached hydrogens (tertiary/aromatic N) is 1. The Labute approximate surface area is 74.6 Å². The SMILES string of the molecule is CC1=C(C)C(=O)N(CC(=O)O)C1=O. The molecule has 0 saturated heterocycles. The Bertz CT molecular complexity index is 305. The molecule has 0 atom stereocenters. The Balaban J connectivity index is 2.91. The molecule has 0 fully saturated rings. The van der Waals surface area contributed by atoms with Gasteiger partial charge in [0.25, 0.3) is 11.8 Å². The van der Waals surface area contributed by atoms with Gasteiger partial charge >= 0.3 is 5.97 Å². The fourth-order valence-corrected chi connectivity index (χ4v) is 1.10. The van der Waals surface area contributed by atoms with Crippen molar-refractivity contribution in [3.63, 3.8) is 0 Å². The average Bonchev–Trinajstić information content (AvgIpc) is 2.22. The Morgan fingerprint density at radius 2 is 1.62 bits per heavy atom. The van der Waals surface area contributed by atoms with Crippen molar-refractivity contribution in [1.29, 1.82) is 0 Å². The van der Waals surface area contributed by atoms with Crippen molar-refractivity contribution in [1.82, 2.24) is 4.90 Å². The van der Waals surface area contributed by atoms with Gasteiger partial charge in [-0.3, -0.25) is 19.3 Å². The van der Waals surface area contributed by atoms with E-state index in [1.54, 1.807) is 0 Å². The summed E-state index contributed by atoms with van der Waals surface area (Å²) in [6.45, 7) is 2.46. The van der Waals surface area contributed by atoms with Gasteiger partial charge in [-0.25, -0.2) is 0 Å². The van der Waals surface area contributed by atoms with Crippen molar-refractivity contribution in [2.24, 2.45) is 0 Å². The molecule has 0 aromatic carbocycles. The van der Waals surface area contributed by atoms with Crippen LogP contribution in [0.4, 0.5) is 0 Å². The molecule has 0 radical (unpaired) electrons. The van der Waals surface area contributed by atoms with Crippen LogP contribution in [0.2, 0.25) is 0 Å². The van der Waals surface area contributed by atoms with E-state index in [0.717, 1.165) is 4.90 Å². The Morgan fingerprint density at radius 1 is 1.23 bits per heavy atom. The fraction of sp³-hybridized carbons (Fsp3) is 0.375. The number of carboxylic acid groups (broad SMARTS) is 1. The first kappa shape index (κ1) is 9.44. The minimum absolute atomic E-state index is 0.325. The van der Waals surface area contributed by atoms with E-state index >= 15 is 0 Å². The molecule has 1 rings (SSSR count). The number of carboxylic acids is 1. The summed E-state index contributed by atoms with van der Waals surface area (Å²) in [6, 6.07) is 0. The first-order valence-corrected chi connectivity index (χ1v) is 3.70. The van der Waals surface area contributed by atoms with E-state index in [1.807, 2.05) is 0 Å². The van der Waals surface area contributed by atoms with Crippen LogP contribution in [-0.4, -0.2) is 34.3 Å². The maximum absolute atomic E-state index is 11.2. The van der Waals surface area contributed by atoms with E-state index in [1.165, 1.54) is 13.8 Å². The number of carbonyl (C=O) groups excluding carboxylic acids is 2. The zero-order chi connectivity index (χ0) is 10.2. The van der Waals surface area contributed by atoms with Crippen molar-refractivity contribution in [3.8, 4) is 0 Å². The van der Waals surface area contributed by atoms with Crippen molar-refractivity contribution >= 4 is 17.8 Å². The molecular formula is C8H9NO4. The number of rotatable bonds is 2. The van der Waals surface area contributed by atoms with Gasteiger partial charge in [-0.2, -0.15) is 0 Å². The normalized spacial score (nSPS) is 17.2. The molecule has 0 spiro atoms. The van der Waals surface area contributed by atoms with Crippen LogP contribution >= 0.6 is 0 Å². The molecule has 5 nitrogen and oxygen atoms in total. The first-order chi connectivity index (χ1) is 5.95. The van der Waals surface area contributed by atoms with Gasteiger partial charge in [0.2, 0.25) is 0 Å². The molecule has 0 aromatic rings. The number of aliphatic carboxylic acids is 1. The molecule has 0 unspecified atom stereocenters. The third kappa shape index (κ3) is 1.44. The molecular weight excluding hydrogens is 174 g/mol. The lowest BCUT2D eigenvalue weighted by Crippen LogP contribution is -2.36. The number of imide groups is 1.